The van der Waals surface area contributed by atoms with Crippen molar-refractivity contribution >= 4 is 33.3 Å². The van der Waals surface area contributed by atoms with Crippen LogP contribution in [-0.2, 0) is 10.0 Å². The maximum atomic E-state index is 13.6. The number of aromatic carboxylic acids is 1. The van der Waals surface area contributed by atoms with Crippen LogP contribution in [0.4, 0.5) is 10.1 Å². The van der Waals surface area contributed by atoms with Gasteiger partial charge in [0.25, 0.3) is 10.0 Å². The minimum Gasteiger partial charge on any atom is -0.478 e. The van der Waals surface area contributed by atoms with Crippen LogP contribution in [0.25, 0.3) is 0 Å². The number of benzene rings is 1. The summed E-state index contributed by atoms with van der Waals surface area (Å²) in [6.45, 7) is 0. The molecule has 0 unspecified atom stereocenters. The molecule has 0 aliphatic heterocycles. The van der Waals surface area contributed by atoms with Gasteiger partial charge in [-0.1, -0.05) is 11.6 Å². The summed E-state index contributed by atoms with van der Waals surface area (Å²) in [5.41, 5.74) is -0.295. The summed E-state index contributed by atoms with van der Waals surface area (Å²) in [6, 6.07) is 4.17. The number of aromatic nitrogens is 1. The molecule has 0 amide bonds. The van der Waals surface area contributed by atoms with E-state index in [1.165, 1.54) is 6.07 Å². The largest absolute Gasteiger partial charge is 0.478 e. The third-order valence-corrected chi connectivity index (χ3v) is 4.07. The Morgan fingerprint density at radius 2 is 2.00 bits per heavy atom. The fraction of sp³-hybridized carbons (Fsp3) is 0. The second kappa shape index (κ2) is 5.66. The number of anilines is 1. The fourth-order valence-corrected chi connectivity index (χ4v) is 2.77. The van der Waals surface area contributed by atoms with Crippen LogP contribution < -0.4 is 4.72 Å². The van der Waals surface area contributed by atoms with Gasteiger partial charge in [0.2, 0.25) is 0 Å². The van der Waals surface area contributed by atoms with E-state index in [-0.39, 0.29) is 16.3 Å². The molecule has 9 heteroatoms. The second-order valence-electron chi connectivity index (χ2n) is 3.95. The SMILES string of the molecule is O=C(O)c1cncc(NS(=O)(=O)c2ccc(Cl)cc2F)c1. The summed E-state index contributed by atoms with van der Waals surface area (Å²) in [5.74, 6) is -2.28. The number of hydrogen-bond donors (Lipinski definition) is 2. The van der Waals surface area contributed by atoms with Gasteiger partial charge in [0, 0.05) is 11.2 Å². The number of sulfonamides is 1. The van der Waals surface area contributed by atoms with Gasteiger partial charge in [0.1, 0.15) is 10.7 Å². The van der Waals surface area contributed by atoms with Gasteiger partial charge in [-0.05, 0) is 24.3 Å². The first kappa shape index (κ1) is 15.2. The molecule has 0 aliphatic carbocycles. The first-order valence-corrected chi connectivity index (χ1v) is 7.32. The van der Waals surface area contributed by atoms with E-state index in [1.807, 2.05) is 0 Å². The minimum absolute atomic E-state index is 0.0565. The number of carbonyl (C=O) groups is 1. The van der Waals surface area contributed by atoms with E-state index >= 15 is 0 Å². The van der Waals surface area contributed by atoms with E-state index in [1.54, 1.807) is 0 Å². The highest BCUT2D eigenvalue weighted by Gasteiger charge is 2.20. The van der Waals surface area contributed by atoms with E-state index in [4.69, 9.17) is 16.7 Å². The van der Waals surface area contributed by atoms with Gasteiger partial charge >= 0.3 is 5.97 Å². The average molecular weight is 331 g/mol. The van der Waals surface area contributed by atoms with Crippen molar-refractivity contribution < 1.29 is 22.7 Å². The zero-order valence-corrected chi connectivity index (χ0v) is 11.8. The molecule has 2 rings (SSSR count). The maximum absolute atomic E-state index is 13.6. The zero-order valence-electron chi connectivity index (χ0n) is 10.2. The number of carboxylic acids is 1. The lowest BCUT2D eigenvalue weighted by molar-refractivity contribution is 0.0696. The van der Waals surface area contributed by atoms with Crippen molar-refractivity contribution in [2.75, 3.05) is 4.72 Å². The molecule has 6 nitrogen and oxygen atoms in total. The molecular formula is C12H8ClFN2O4S. The Labute approximate surface area is 124 Å². The molecule has 0 aliphatic rings. The number of halogens is 2. The zero-order chi connectivity index (χ0) is 15.6. The second-order valence-corrected chi connectivity index (χ2v) is 6.03. The van der Waals surface area contributed by atoms with Crippen molar-refractivity contribution in [3.05, 3.63) is 53.1 Å². The third kappa shape index (κ3) is 3.47. The predicted molar refractivity (Wildman–Crippen MR) is 73.4 cm³/mol. The lowest BCUT2D eigenvalue weighted by Gasteiger charge is -2.09. The molecule has 0 saturated heterocycles. The van der Waals surface area contributed by atoms with E-state index < -0.39 is 26.7 Å². The van der Waals surface area contributed by atoms with Crippen LogP contribution in [0, 0.1) is 5.82 Å². The lowest BCUT2D eigenvalue weighted by Crippen LogP contribution is -2.15. The molecule has 2 aromatic rings. The summed E-state index contributed by atoms with van der Waals surface area (Å²) in [4.78, 5) is 13.8. The monoisotopic (exact) mass is 330 g/mol. The molecule has 0 radical (unpaired) electrons. The van der Waals surface area contributed by atoms with Gasteiger partial charge in [-0.2, -0.15) is 0 Å². The molecule has 2 N–H and O–H groups in total. The van der Waals surface area contributed by atoms with Crippen LogP contribution in [0.3, 0.4) is 0 Å². The van der Waals surface area contributed by atoms with Gasteiger partial charge in [-0.15, -0.1) is 0 Å². The highest BCUT2D eigenvalue weighted by Crippen LogP contribution is 2.21. The Morgan fingerprint density at radius 3 is 2.62 bits per heavy atom. The number of hydrogen-bond acceptors (Lipinski definition) is 4. The summed E-state index contributed by atoms with van der Waals surface area (Å²) in [6.07, 6.45) is 2.17. The van der Waals surface area contributed by atoms with Gasteiger partial charge in [0.15, 0.2) is 0 Å². The molecule has 110 valence electrons. The molecule has 21 heavy (non-hydrogen) atoms. The van der Waals surface area contributed by atoms with E-state index in [0.717, 1.165) is 30.6 Å². The standard InChI is InChI=1S/C12H8ClFN2O4S/c13-8-1-2-11(10(14)4-8)21(19,20)16-9-3-7(12(17)18)5-15-6-9/h1-6,16H,(H,17,18). The minimum atomic E-state index is -4.22. The Balaban J connectivity index is 2.37. The maximum Gasteiger partial charge on any atom is 0.337 e. The highest BCUT2D eigenvalue weighted by atomic mass is 35.5. The fourth-order valence-electron chi connectivity index (χ4n) is 1.52. The van der Waals surface area contributed by atoms with E-state index in [2.05, 4.69) is 9.71 Å². The van der Waals surface area contributed by atoms with Crippen LogP contribution in [0.1, 0.15) is 10.4 Å². The van der Waals surface area contributed by atoms with Gasteiger partial charge in [-0.25, -0.2) is 17.6 Å². The van der Waals surface area contributed by atoms with Crippen LogP contribution >= 0.6 is 11.6 Å². The Morgan fingerprint density at radius 1 is 1.29 bits per heavy atom. The van der Waals surface area contributed by atoms with Crippen molar-refractivity contribution in [3.8, 4) is 0 Å². The smallest absolute Gasteiger partial charge is 0.337 e. The molecule has 0 bridgehead atoms. The normalized spacial score (nSPS) is 11.1. The van der Waals surface area contributed by atoms with Crippen LogP contribution in [0.15, 0.2) is 41.6 Å². The predicted octanol–water partition coefficient (Wildman–Crippen LogP) is 2.37. The van der Waals surface area contributed by atoms with Crippen molar-refractivity contribution in [3.63, 3.8) is 0 Å². The summed E-state index contributed by atoms with van der Waals surface area (Å²) >= 11 is 5.55. The topological polar surface area (TPSA) is 96.4 Å². The first-order valence-electron chi connectivity index (χ1n) is 5.46. The first-order chi connectivity index (χ1) is 9.79. The van der Waals surface area contributed by atoms with Crippen molar-refractivity contribution in [2.24, 2.45) is 0 Å². The number of nitrogens with one attached hydrogen (secondary N) is 1. The molecule has 1 aromatic carbocycles. The van der Waals surface area contributed by atoms with Crippen LogP contribution in [0.5, 0.6) is 0 Å². The summed E-state index contributed by atoms with van der Waals surface area (Å²) < 4.78 is 39.8. The Kier molecular flexibility index (Phi) is 4.10. The van der Waals surface area contributed by atoms with Crippen LogP contribution in [-0.4, -0.2) is 24.5 Å². The van der Waals surface area contributed by atoms with Crippen LogP contribution in [0.2, 0.25) is 5.02 Å². The highest BCUT2D eigenvalue weighted by molar-refractivity contribution is 7.92. The molecule has 1 heterocycles. The van der Waals surface area contributed by atoms with Crippen molar-refractivity contribution in [1.82, 2.24) is 4.98 Å². The summed E-state index contributed by atoms with van der Waals surface area (Å²) in [7, 11) is -4.22. The molecule has 0 fully saturated rings. The molecule has 0 spiro atoms. The average Bonchev–Trinajstić information content (AvgIpc) is 2.37. The van der Waals surface area contributed by atoms with Crippen molar-refractivity contribution in [2.45, 2.75) is 4.90 Å². The van der Waals surface area contributed by atoms with Gasteiger partial charge in [-0.3, -0.25) is 9.71 Å². The van der Waals surface area contributed by atoms with Gasteiger partial charge < -0.3 is 5.11 Å². The summed E-state index contributed by atoms with van der Waals surface area (Å²) in [5, 5.41) is 8.86. The number of pyridine rings is 1. The Hall–Kier alpha value is -2.19. The van der Waals surface area contributed by atoms with Crippen molar-refractivity contribution in [1.29, 1.82) is 0 Å². The molecular weight excluding hydrogens is 323 g/mol. The number of nitrogens with zero attached hydrogens (tertiary/aromatic N) is 1. The lowest BCUT2D eigenvalue weighted by atomic mass is 10.3. The number of carboxylic acid groups (broad SMARTS) is 1. The molecule has 1 aromatic heterocycles. The van der Waals surface area contributed by atoms with E-state index in [9.17, 15) is 17.6 Å². The number of rotatable bonds is 4. The van der Waals surface area contributed by atoms with Gasteiger partial charge in [0.05, 0.1) is 17.4 Å². The molecule has 0 atom stereocenters. The van der Waals surface area contributed by atoms with E-state index in [0.29, 0.717) is 0 Å². The molecule has 0 saturated carbocycles. The quantitative estimate of drug-likeness (QED) is 0.897. The third-order valence-electron chi connectivity index (χ3n) is 2.42. The Bertz CT molecular complexity index is 811.